The molecule has 0 aliphatic heterocycles. The van der Waals surface area contributed by atoms with Crippen LogP contribution in [0.15, 0.2) is 47.4 Å². The van der Waals surface area contributed by atoms with E-state index in [4.69, 9.17) is 4.74 Å². The number of benzene rings is 2. The molecule has 0 radical (unpaired) electrons. The van der Waals surface area contributed by atoms with E-state index in [-0.39, 0.29) is 17.5 Å². The summed E-state index contributed by atoms with van der Waals surface area (Å²) >= 11 is 3.07. The molecule has 0 bridgehead atoms. The van der Waals surface area contributed by atoms with Crippen molar-refractivity contribution in [3.05, 3.63) is 53.8 Å². The van der Waals surface area contributed by atoms with Crippen LogP contribution in [0.3, 0.4) is 0 Å². The summed E-state index contributed by atoms with van der Waals surface area (Å²) in [6.45, 7) is 0. The standard InChI is InChI=1S/C17H18FNO2S2/c1-21-16-7-6-12(8-15(16)18)10-23-11-17(20)19-13-4-3-5-14(9-13)22-2/h3-9H,10-11H2,1-2H3,(H,19,20). The van der Waals surface area contributed by atoms with Crippen molar-refractivity contribution in [1.82, 2.24) is 0 Å². The molecule has 0 saturated heterocycles. The van der Waals surface area contributed by atoms with Crippen molar-refractivity contribution in [2.75, 3.05) is 24.4 Å². The largest absolute Gasteiger partial charge is 0.494 e. The number of hydrogen-bond acceptors (Lipinski definition) is 4. The third-order valence-electron chi connectivity index (χ3n) is 3.07. The van der Waals surface area contributed by atoms with E-state index in [0.29, 0.717) is 11.5 Å². The average molecular weight is 351 g/mol. The zero-order valence-corrected chi connectivity index (χ0v) is 14.6. The number of amides is 1. The molecule has 0 spiro atoms. The number of hydrogen-bond donors (Lipinski definition) is 1. The van der Waals surface area contributed by atoms with Gasteiger partial charge in [0.05, 0.1) is 12.9 Å². The van der Waals surface area contributed by atoms with Gasteiger partial charge in [0.2, 0.25) is 5.91 Å². The zero-order valence-electron chi connectivity index (χ0n) is 13.0. The molecule has 1 N–H and O–H groups in total. The minimum absolute atomic E-state index is 0.0674. The molecule has 122 valence electrons. The number of ether oxygens (including phenoxy) is 1. The van der Waals surface area contributed by atoms with Gasteiger partial charge < -0.3 is 10.1 Å². The lowest BCUT2D eigenvalue weighted by molar-refractivity contribution is -0.113. The van der Waals surface area contributed by atoms with Crippen LogP contribution in [-0.2, 0) is 10.5 Å². The maximum absolute atomic E-state index is 13.6. The minimum atomic E-state index is -0.385. The Labute approximate surface area is 144 Å². The Morgan fingerprint density at radius 2 is 2.09 bits per heavy atom. The predicted octanol–water partition coefficient (Wildman–Crippen LogP) is 4.43. The molecule has 2 aromatic rings. The molecular formula is C17H18FNO2S2. The van der Waals surface area contributed by atoms with E-state index in [2.05, 4.69) is 5.32 Å². The van der Waals surface area contributed by atoms with Gasteiger partial charge in [0.25, 0.3) is 0 Å². The van der Waals surface area contributed by atoms with Gasteiger partial charge in [0, 0.05) is 16.3 Å². The van der Waals surface area contributed by atoms with Gasteiger partial charge in [0.15, 0.2) is 11.6 Å². The molecule has 3 nitrogen and oxygen atoms in total. The Bertz CT molecular complexity index is 679. The van der Waals surface area contributed by atoms with Gasteiger partial charge in [-0.3, -0.25) is 4.79 Å². The van der Waals surface area contributed by atoms with E-state index >= 15 is 0 Å². The highest BCUT2D eigenvalue weighted by molar-refractivity contribution is 7.99. The fraction of sp³-hybridized carbons (Fsp3) is 0.235. The third-order valence-corrected chi connectivity index (χ3v) is 4.80. The molecule has 0 saturated carbocycles. The second-order valence-electron chi connectivity index (χ2n) is 4.74. The number of anilines is 1. The molecule has 0 aliphatic carbocycles. The van der Waals surface area contributed by atoms with Crippen LogP contribution in [0, 0.1) is 5.82 Å². The van der Waals surface area contributed by atoms with Gasteiger partial charge in [-0.05, 0) is 42.2 Å². The van der Waals surface area contributed by atoms with Crippen LogP contribution in [0.1, 0.15) is 5.56 Å². The molecule has 23 heavy (non-hydrogen) atoms. The molecule has 0 aromatic heterocycles. The molecule has 0 heterocycles. The number of nitrogens with one attached hydrogen (secondary N) is 1. The van der Waals surface area contributed by atoms with Crippen LogP contribution in [0.2, 0.25) is 0 Å². The van der Waals surface area contributed by atoms with Crippen molar-refractivity contribution >= 4 is 35.1 Å². The summed E-state index contributed by atoms with van der Waals surface area (Å²) in [6, 6.07) is 12.5. The van der Waals surface area contributed by atoms with Gasteiger partial charge in [-0.2, -0.15) is 0 Å². The molecule has 6 heteroatoms. The Morgan fingerprint density at radius 3 is 2.78 bits per heavy atom. The van der Waals surface area contributed by atoms with Crippen LogP contribution >= 0.6 is 23.5 Å². The van der Waals surface area contributed by atoms with E-state index < -0.39 is 0 Å². The Morgan fingerprint density at radius 1 is 1.26 bits per heavy atom. The van der Waals surface area contributed by atoms with E-state index in [9.17, 15) is 9.18 Å². The first kappa shape index (κ1) is 17.7. The lowest BCUT2D eigenvalue weighted by Gasteiger charge is -2.07. The molecule has 0 unspecified atom stereocenters. The smallest absolute Gasteiger partial charge is 0.234 e. The first-order chi connectivity index (χ1) is 11.1. The van der Waals surface area contributed by atoms with E-state index in [1.807, 2.05) is 30.5 Å². The summed E-state index contributed by atoms with van der Waals surface area (Å²) in [7, 11) is 1.43. The van der Waals surface area contributed by atoms with Crippen LogP contribution in [0.25, 0.3) is 0 Å². The summed E-state index contributed by atoms with van der Waals surface area (Å²) in [5.74, 6) is 0.660. The Hall–Kier alpha value is -1.66. The van der Waals surface area contributed by atoms with Crippen LogP contribution in [0.5, 0.6) is 5.75 Å². The van der Waals surface area contributed by atoms with Crippen molar-refractivity contribution in [1.29, 1.82) is 0 Å². The second kappa shape index (κ2) is 8.84. The number of thioether (sulfide) groups is 2. The van der Waals surface area contributed by atoms with Gasteiger partial charge in [-0.15, -0.1) is 23.5 Å². The highest BCUT2D eigenvalue weighted by Crippen LogP contribution is 2.22. The monoisotopic (exact) mass is 351 g/mol. The second-order valence-corrected chi connectivity index (χ2v) is 6.61. The average Bonchev–Trinajstić information content (AvgIpc) is 2.55. The highest BCUT2D eigenvalue weighted by atomic mass is 32.2. The molecule has 2 rings (SSSR count). The first-order valence-electron chi connectivity index (χ1n) is 6.96. The van der Waals surface area contributed by atoms with Crippen molar-refractivity contribution in [3.63, 3.8) is 0 Å². The Balaban J connectivity index is 1.81. The lowest BCUT2D eigenvalue weighted by Crippen LogP contribution is -2.14. The number of halogens is 1. The summed E-state index contributed by atoms with van der Waals surface area (Å²) in [5.41, 5.74) is 1.61. The summed E-state index contributed by atoms with van der Waals surface area (Å²) in [5, 5.41) is 2.87. The van der Waals surface area contributed by atoms with Crippen LogP contribution < -0.4 is 10.1 Å². The molecule has 1 amide bonds. The molecule has 0 fully saturated rings. The molecule has 0 atom stereocenters. The van der Waals surface area contributed by atoms with E-state index in [0.717, 1.165) is 16.1 Å². The number of methoxy groups -OCH3 is 1. The molecule has 0 aliphatic rings. The van der Waals surface area contributed by atoms with Crippen molar-refractivity contribution in [3.8, 4) is 5.75 Å². The maximum atomic E-state index is 13.6. The first-order valence-corrected chi connectivity index (χ1v) is 9.34. The van der Waals surface area contributed by atoms with Gasteiger partial charge in [0.1, 0.15) is 0 Å². The normalized spacial score (nSPS) is 10.4. The molecular weight excluding hydrogens is 333 g/mol. The zero-order chi connectivity index (χ0) is 16.7. The summed E-state index contributed by atoms with van der Waals surface area (Å²) in [4.78, 5) is 13.0. The molecule has 2 aromatic carbocycles. The Kier molecular flexibility index (Phi) is 6.80. The SMILES string of the molecule is COc1ccc(CSCC(=O)Nc2cccc(SC)c2)cc1F. The van der Waals surface area contributed by atoms with Gasteiger partial charge >= 0.3 is 0 Å². The lowest BCUT2D eigenvalue weighted by atomic mass is 10.2. The fourth-order valence-corrected chi connectivity index (χ4v) is 3.19. The summed E-state index contributed by atoms with van der Waals surface area (Å²) < 4.78 is 18.5. The maximum Gasteiger partial charge on any atom is 0.234 e. The van der Waals surface area contributed by atoms with Gasteiger partial charge in [-0.1, -0.05) is 12.1 Å². The van der Waals surface area contributed by atoms with Crippen molar-refractivity contribution < 1.29 is 13.9 Å². The topological polar surface area (TPSA) is 38.3 Å². The number of rotatable bonds is 7. The quantitative estimate of drug-likeness (QED) is 0.749. The number of carbonyl (C=O) groups is 1. The summed E-state index contributed by atoms with van der Waals surface area (Å²) in [6.07, 6.45) is 1.99. The number of carbonyl (C=O) groups excluding carboxylic acids is 1. The van der Waals surface area contributed by atoms with Crippen molar-refractivity contribution in [2.24, 2.45) is 0 Å². The van der Waals surface area contributed by atoms with Gasteiger partial charge in [-0.25, -0.2) is 4.39 Å². The van der Waals surface area contributed by atoms with Crippen molar-refractivity contribution in [2.45, 2.75) is 10.6 Å². The van der Waals surface area contributed by atoms with Crippen LogP contribution in [-0.4, -0.2) is 25.0 Å². The van der Waals surface area contributed by atoms with Crippen LogP contribution in [0.4, 0.5) is 10.1 Å². The third kappa shape index (κ3) is 5.48. The van der Waals surface area contributed by atoms with E-state index in [1.165, 1.54) is 24.9 Å². The predicted molar refractivity (Wildman–Crippen MR) is 96.0 cm³/mol. The minimum Gasteiger partial charge on any atom is -0.494 e. The highest BCUT2D eigenvalue weighted by Gasteiger charge is 2.06. The fourth-order valence-electron chi connectivity index (χ4n) is 1.96. The van der Waals surface area contributed by atoms with E-state index in [1.54, 1.807) is 23.9 Å².